The molecule has 0 aliphatic carbocycles. The van der Waals surface area contributed by atoms with Crippen LogP contribution in [0.15, 0.2) is 30.3 Å². The van der Waals surface area contributed by atoms with E-state index >= 15 is 0 Å². The number of rotatable bonds is 24. The number of ketones is 1. The molecule has 39 heavy (non-hydrogen) atoms. The fourth-order valence-electron chi connectivity index (χ4n) is 2.74. The van der Waals surface area contributed by atoms with Crippen LogP contribution in [0.25, 0.3) is 0 Å². The van der Waals surface area contributed by atoms with E-state index in [2.05, 4.69) is 33.9 Å². The molecule has 0 amide bonds. The maximum Gasteiger partial charge on any atom is 0.379 e. The second-order valence-corrected chi connectivity index (χ2v) is 14.9. The van der Waals surface area contributed by atoms with Gasteiger partial charge in [0.15, 0.2) is 8.32 Å². The summed E-state index contributed by atoms with van der Waals surface area (Å²) in [5.74, 6) is -1.56. The van der Waals surface area contributed by atoms with Gasteiger partial charge in [0.1, 0.15) is 6.61 Å². The molecular formula is C28H48O10Si. The van der Waals surface area contributed by atoms with Gasteiger partial charge < -0.3 is 37.6 Å². The minimum Gasteiger partial charge on any atom is -0.457 e. The standard InChI is InChI=1S/C28H48O10Si/c1-28(2,3)39(4,5)38-24-22-36-20-18-34-16-14-32-12-11-31-13-15-33-17-19-35-21-23-37-27(30)26(29)25-9-7-6-8-10-25/h6-10H,11-24H2,1-5H3. The van der Waals surface area contributed by atoms with Crippen LogP contribution in [-0.4, -0.2) is 113 Å². The Morgan fingerprint density at radius 1 is 0.590 bits per heavy atom. The molecule has 0 radical (unpaired) electrons. The number of carbonyl (C=O) groups is 2. The predicted molar refractivity (Wildman–Crippen MR) is 150 cm³/mol. The lowest BCUT2D eigenvalue weighted by atomic mass is 10.1. The Morgan fingerprint density at radius 2 is 0.949 bits per heavy atom. The molecule has 0 N–H and O–H groups in total. The molecule has 10 nitrogen and oxygen atoms in total. The monoisotopic (exact) mass is 572 g/mol. The lowest BCUT2D eigenvalue weighted by Gasteiger charge is -2.36. The maximum atomic E-state index is 11.9. The number of Topliss-reactive ketones (excluding diaryl/α,β-unsaturated/α-hetero) is 1. The van der Waals surface area contributed by atoms with Gasteiger partial charge in [0.05, 0.1) is 85.9 Å². The zero-order chi connectivity index (χ0) is 28.8. The average Bonchev–Trinajstić information content (AvgIpc) is 2.90. The van der Waals surface area contributed by atoms with Gasteiger partial charge in [-0.15, -0.1) is 0 Å². The van der Waals surface area contributed by atoms with Gasteiger partial charge in [-0.25, -0.2) is 4.79 Å². The van der Waals surface area contributed by atoms with Crippen molar-refractivity contribution in [1.82, 2.24) is 0 Å². The molecule has 224 valence electrons. The third-order valence-corrected chi connectivity index (χ3v) is 10.6. The van der Waals surface area contributed by atoms with Gasteiger partial charge in [-0.1, -0.05) is 51.1 Å². The highest BCUT2D eigenvalue weighted by atomic mass is 28.4. The van der Waals surface area contributed by atoms with E-state index in [1.165, 1.54) is 0 Å². The number of esters is 1. The molecule has 0 spiro atoms. The summed E-state index contributed by atoms with van der Waals surface area (Å²) >= 11 is 0. The van der Waals surface area contributed by atoms with E-state index in [4.69, 9.17) is 37.6 Å². The van der Waals surface area contributed by atoms with E-state index in [0.717, 1.165) is 0 Å². The fraction of sp³-hybridized carbons (Fsp3) is 0.714. The van der Waals surface area contributed by atoms with Gasteiger partial charge >= 0.3 is 5.97 Å². The van der Waals surface area contributed by atoms with E-state index in [-0.39, 0.29) is 18.3 Å². The van der Waals surface area contributed by atoms with Crippen molar-refractivity contribution in [2.75, 3.05) is 92.5 Å². The summed E-state index contributed by atoms with van der Waals surface area (Å²) in [5.41, 5.74) is 0.301. The molecule has 1 aromatic rings. The highest BCUT2D eigenvalue weighted by Crippen LogP contribution is 2.36. The molecule has 0 atom stereocenters. The van der Waals surface area contributed by atoms with Crippen molar-refractivity contribution in [2.45, 2.75) is 38.9 Å². The van der Waals surface area contributed by atoms with Gasteiger partial charge in [-0.05, 0) is 18.1 Å². The van der Waals surface area contributed by atoms with Crippen molar-refractivity contribution in [1.29, 1.82) is 0 Å². The third kappa shape index (κ3) is 17.6. The molecule has 1 aromatic carbocycles. The highest BCUT2D eigenvalue weighted by Gasteiger charge is 2.36. The number of carbonyl (C=O) groups excluding carboxylic acids is 2. The quantitative estimate of drug-likeness (QED) is 0.0600. The van der Waals surface area contributed by atoms with Gasteiger partial charge in [-0.2, -0.15) is 0 Å². The summed E-state index contributed by atoms with van der Waals surface area (Å²) in [6.45, 7) is 17.2. The second-order valence-electron chi connectivity index (χ2n) is 10.1. The Hall–Kier alpha value is -1.70. The molecular weight excluding hydrogens is 524 g/mol. The van der Waals surface area contributed by atoms with Crippen LogP contribution in [-0.2, 0) is 42.4 Å². The fourth-order valence-corrected chi connectivity index (χ4v) is 3.77. The largest absolute Gasteiger partial charge is 0.457 e. The molecule has 0 aliphatic heterocycles. The lowest BCUT2D eigenvalue weighted by molar-refractivity contribution is -0.139. The van der Waals surface area contributed by atoms with Crippen molar-refractivity contribution < 1.29 is 47.2 Å². The first-order valence-corrected chi connectivity index (χ1v) is 16.4. The second kappa shape index (κ2) is 21.1. The summed E-state index contributed by atoms with van der Waals surface area (Å²) in [6.07, 6.45) is 0. The summed E-state index contributed by atoms with van der Waals surface area (Å²) in [6, 6.07) is 8.28. The summed E-state index contributed by atoms with van der Waals surface area (Å²) in [7, 11) is -1.70. The van der Waals surface area contributed by atoms with Crippen LogP contribution >= 0.6 is 0 Å². The lowest BCUT2D eigenvalue weighted by Crippen LogP contribution is -2.41. The van der Waals surface area contributed by atoms with Crippen LogP contribution in [0.4, 0.5) is 0 Å². The van der Waals surface area contributed by atoms with Crippen molar-refractivity contribution in [3.05, 3.63) is 35.9 Å². The van der Waals surface area contributed by atoms with E-state index in [9.17, 15) is 9.59 Å². The minimum absolute atomic E-state index is 0.00634. The highest BCUT2D eigenvalue weighted by molar-refractivity contribution is 6.74. The number of ether oxygens (including phenoxy) is 7. The summed E-state index contributed by atoms with van der Waals surface area (Å²) in [5, 5.41) is 0.209. The molecule has 0 saturated carbocycles. The molecule has 0 aromatic heterocycles. The number of hydrogen-bond acceptors (Lipinski definition) is 10. The molecule has 0 fully saturated rings. The molecule has 11 heteroatoms. The van der Waals surface area contributed by atoms with Crippen molar-refractivity contribution in [2.24, 2.45) is 0 Å². The third-order valence-electron chi connectivity index (χ3n) is 6.04. The molecule has 0 saturated heterocycles. The van der Waals surface area contributed by atoms with Crippen LogP contribution in [0.2, 0.25) is 18.1 Å². The molecule has 1 rings (SSSR count). The predicted octanol–water partition coefficient (Wildman–Crippen LogP) is 3.53. The van der Waals surface area contributed by atoms with Crippen LogP contribution in [0, 0.1) is 0 Å². The first-order valence-electron chi connectivity index (χ1n) is 13.5. The molecule has 0 aliphatic rings. The van der Waals surface area contributed by atoms with Gasteiger partial charge in [0.2, 0.25) is 0 Å². The maximum absolute atomic E-state index is 11.9. The average molecular weight is 573 g/mol. The van der Waals surface area contributed by atoms with Gasteiger partial charge in [0, 0.05) is 5.56 Å². The van der Waals surface area contributed by atoms with Crippen LogP contribution in [0.5, 0.6) is 0 Å². The topological polar surface area (TPSA) is 108 Å². The van der Waals surface area contributed by atoms with Crippen LogP contribution in [0.3, 0.4) is 0 Å². The minimum atomic E-state index is -1.70. The molecule has 0 unspecified atom stereocenters. The SMILES string of the molecule is CC(C)(C)[Si](C)(C)OCCOCCOCCOCCOCCOCCOCCOC(=O)C(=O)c1ccccc1. The number of benzene rings is 1. The Bertz CT molecular complexity index is 767. The van der Waals surface area contributed by atoms with Crippen LogP contribution < -0.4 is 0 Å². The van der Waals surface area contributed by atoms with Crippen molar-refractivity contribution in [3.63, 3.8) is 0 Å². The zero-order valence-corrected chi connectivity index (χ0v) is 25.4. The molecule has 0 heterocycles. The Labute approximate surface area is 234 Å². The summed E-state index contributed by atoms with van der Waals surface area (Å²) in [4.78, 5) is 23.6. The van der Waals surface area contributed by atoms with Crippen LogP contribution in [0.1, 0.15) is 31.1 Å². The Morgan fingerprint density at radius 3 is 1.33 bits per heavy atom. The normalized spacial score (nSPS) is 12.0. The summed E-state index contributed by atoms with van der Waals surface area (Å²) < 4.78 is 43.6. The first kappa shape index (κ1) is 35.3. The Kier molecular flexibility index (Phi) is 19.1. The first-order chi connectivity index (χ1) is 18.6. The zero-order valence-electron chi connectivity index (χ0n) is 24.4. The molecule has 0 bridgehead atoms. The van der Waals surface area contributed by atoms with Gasteiger partial charge in [-0.3, -0.25) is 4.79 Å². The van der Waals surface area contributed by atoms with E-state index < -0.39 is 20.1 Å². The Balaban J connectivity index is 1.77. The smallest absolute Gasteiger partial charge is 0.379 e. The number of hydrogen-bond donors (Lipinski definition) is 0. The van der Waals surface area contributed by atoms with Gasteiger partial charge in [0.25, 0.3) is 5.78 Å². The van der Waals surface area contributed by atoms with Crippen molar-refractivity contribution >= 4 is 20.1 Å². The van der Waals surface area contributed by atoms with Crippen molar-refractivity contribution in [3.8, 4) is 0 Å². The van der Waals surface area contributed by atoms with E-state index in [0.29, 0.717) is 84.8 Å². The van der Waals surface area contributed by atoms with E-state index in [1.54, 1.807) is 30.3 Å². The van der Waals surface area contributed by atoms with E-state index in [1.807, 2.05) is 0 Å².